The summed E-state index contributed by atoms with van der Waals surface area (Å²) in [6.45, 7) is 17.8. The normalized spacial score (nSPS) is 14.1. The summed E-state index contributed by atoms with van der Waals surface area (Å²) in [4.78, 5) is 41.5. The van der Waals surface area contributed by atoms with E-state index in [-0.39, 0.29) is 17.9 Å². The molecule has 35 heavy (non-hydrogen) atoms. The number of carbonyl (C=O) groups excluding carboxylic acids is 3. The predicted octanol–water partition coefficient (Wildman–Crippen LogP) is 5.52. The Morgan fingerprint density at radius 1 is 1.03 bits per heavy atom. The SMILES string of the molecule is CCCCNC(=O)C(c1ccccc1C)N(C(=O)C(C)NC(=O)OC(C)(C)C)C(C)CCC(C)C. The number of carbonyl (C=O) groups is 3. The molecule has 0 saturated heterocycles. The number of rotatable bonds is 12. The summed E-state index contributed by atoms with van der Waals surface area (Å²) in [5.41, 5.74) is 1.04. The van der Waals surface area contributed by atoms with Crippen molar-refractivity contribution in [2.24, 2.45) is 5.92 Å². The summed E-state index contributed by atoms with van der Waals surface area (Å²) in [5, 5.41) is 5.69. The van der Waals surface area contributed by atoms with Crippen molar-refractivity contribution in [1.82, 2.24) is 15.5 Å². The number of hydrogen-bond donors (Lipinski definition) is 2. The van der Waals surface area contributed by atoms with E-state index in [1.165, 1.54) is 0 Å². The van der Waals surface area contributed by atoms with Crippen molar-refractivity contribution in [3.63, 3.8) is 0 Å². The molecule has 3 amide bonds. The first-order valence-corrected chi connectivity index (χ1v) is 12.9. The quantitative estimate of drug-likeness (QED) is 0.379. The lowest BCUT2D eigenvalue weighted by Gasteiger charge is -2.38. The lowest BCUT2D eigenvalue weighted by atomic mass is 9.95. The zero-order valence-electron chi connectivity index (χ0n) is 23.2. The molecule has 0 saturated carbocycles. The molecule has 0 aliphatic heterocycles. The number of alkyl carbamates (subject to hydrolysis) is 1. The Morgan fingerprint density at radius 3 is 2.20 bits per heavy atom. The Hall–Kier alpha value is -2.57. The van der Waals surface area contributed by atoms with E-state index >= 15 is 0 Å². The Bertz CT molecular complexity index is 832. The number of benzene rings is 1. The molecule has 0 heterocycles. The molecule has 0 aromatic heterocycles. The van der Waals surface area contributed by atoms with Gasteiger partial charge in [0.2, 0.25) is 11.8 Å². The van der Waals surface area contributed by atoms with E-state index in [0.717, 1.165) is 36.8 Å². The van der Waals surface area contributed by atoms with E-state index in [4.69, 9.17) is 4.74 Å². The van der Waals surface area contributed by atoms with E-state index in [1.54, 1.807) is 32.6 Å². The van der Waals surface area contributed by atoms with Crippen LogP contribution in [0.3, 0.4) is 0 Å². The fourth-order valence-electron chi connectivity index (χ4n) is 3.88. The first-order valence-electron chi connectivity index (χ1n) is 12.9. The Balaban J connectivity index is 3.41. The monoisotopic (exact) mass is 489 g/mol. The summed E-state index contributed by atoms with van der Waals surface area (Å²) < 4.78 is 5.35. The number of aryl methyl sites for hydroxylation is 1. The molecule has 1 aromatic carbocycles. The van der Waals surface area contributed by atoms with Gasteiger partial charge in [-0.05, 0) is 77.8 Å². The van der Waals surface area contributed by atoms with Crippen molar-refractivity contribution < 1.29 is 19.1 Å². The second kappa shape index (κ2) is 14.1. The molecule has 0 spiro atoms. The third kappa shape index (κ3) is 10.3. The second-order valence-electron chi connectivity index (χ2n) is 10.8. The van der Waals surface area contributed by atoms with E-state index in [9.17, 15) is 14.4 Å². The molecule has 7 heteroatoms. The van der Waals surface area contributed by atoms with Crippen LogP contribution in [-0.2, 0) is 14.3 Å². The molecule has 0 aliphatic rings. The third-order valence-electron chi connectivity index (χ3n) is 5.83. The molecule has 1 rings (SSSR count). The summed E-state index contributed by atoms with van der Waals surface area (Å²) in [6.07, 6.45) is 2.82. The maximum Gasteiger partial charge on any atom is 0.408 e. The first-order chi connectivity index (χ1) is 16.3. The largest absolute Gasteiger partial charge is 0.444 e. The van der Waals surface area contributed by atoms with Crippen LogP contribution < -0.4 is 10.6 Å². The van der Waals surface area contributed by atoms with Gasteiger partial charge in [-0.2, -0.15) is 0 Å². The maximum atomic E-state index is 13.9. The minimum atomic E-state index is -0.860. The topological polar surface area (TPSA) is 87.7 Å². The van der Waals surface area contributed by atoms with Crippen molar-refractivity contribution >= 4 is 17.9 Å². The van der Waals surface area contributed by atoms with E-state index < -0.39 is 23.8 Å². The van der Waals surface area contributed by atoms with Crippen LogP contribution >= 0.6 is 0 Å². The van der Waals surface area contributed by atoms with Gasteiger partial charge in [0.05, 0.1) is 0 Å². The molecule has 0 aliphatic carbocycles. The molecule has 7 nitrogen and oxygen atoms in total. The Kier molecular flexibility index (Phi) is 12.3. The smallest absolute Gasteiger partial charge is 0.408 e. The predicted molar refractivity (Wildman–Crippen MR) is 141 cm³/mol. The molecular formula is C28H47N3O4. The van der Waals surface area contributed by atoms with Crippen LogP contribution in [0, 0.1) is 12.8 Å². The number of hydrogen-bond acceptors (Lipinski definition) is 4. The number of nitrogens with zero attached hydrogens (tertiary/aromatic N) is 1. The molecule has 0 fully saturated rings. The van der Waals surface area contributed by atoms with Gasteiger partial charge >= 0.3 is 6.09 Å². The van der Waals surface area contributed by atoms with Gasteiger partial charge in [-0.3, -0.25) is 9.59 Å². The van der Waals surface area contributed by atoms with E-state index in [1.807, 2.05) is 38.1 Å². The van der Waals surface area contributed by atoms with Crippen LogP contribution in [-0.4, -0.2) is 47.0 Å². The van der Waals surface area contributed by atoms with Crippen LogP contribution in [0.5, 0.6) is 0 Å². The van der Waals surface area contributed by atoms with Crippen molar-refractivity contribution in [2.75, 3.05) is 6.54 Å². The maximum absolute atomic E-state index is 13.9. The minimum absolute atomic E-state index is 0.207. The van der Waals surface area contributed by atoms with E-state index in [2.05, 4.69) is 31.4 Å². The number of unbranched alkanes of at least 4 members (excludes halogenated alkanes) is 1. The van der Waals surface area contributed by atoms with Gasteiger partial charge in [0.1, 0.15) is 17.7 Å². The fourth-order valence-corrected chi connectivity index (χ4v) is 3.88. The summed E-state index contributed by atoms with van der Waals surface area (Å²) in [6, 6.07) is 5.79. The molecule has 3 atom stereocenters. The van der Waals surface area contributed by atoms with Crippen LogP contribution in [0.15, 0.2) is 24.3 Å². The highest BCUT2D eigenvalue weighted by Crippen LogP contribution is 2.29. The van der Waals surface area contributed by atoms with Crippen molar-refractivity contribution in [1.29, 1.82) is 0 Å². The molecule has 0 radical (unpaired) electrons. The van der Waals surface area contributed by atoms with Crippen LogP contribution in [0.25, 0.3) is 0 Å². The van der Waals surface area contributed by atoms with Gasteiger partial charge < -0.3 is 20.3 Å². The first kappa shape index (κ1) is 30.5. The standard InChI is InChI=1S/C28H47N3O4/c1-10-11-18-29-25(32)24(23-15-13-12-14-20(23)4)31(21(5)17-16-19(2)3)26(33)22(6)30-27(34)35-28(7,8)9/h12-15,19,21-22,24H,10-11,16-18H2,1-9H3,(H,29,32)(H,30,34). The van der Waals surface area contributed by atoms with Crippen LogP contribution in [0.2, 0.25) is 0 Å². The van der Waals surface area contributed by atoms with Gasteiger partial charge in [0.15, 0.2) is 0 Å². The van der Waals surface area contributed by atoms with Gasteiger partial charge in [-0.1, -0.05) is 51.5 Å². The Labute approximate surface area is 212 Å². The zero-order chi connectivity index (χ0) is 26.8. The molecular weight excluding hydrogens is 442 g/mol. The van der Waals surface area contributed by atoms with Crippen molar-refractivity contribution in [2.45, 2.75) is 112 Å². The summed E-state index contributed by atoms with van der Waals surface area (Å²) >= 11 is 0. The highest BCUT2D eigenvalue weighted by Gasteiger charge is 2.38. The number of amides is 3. The number of nitrogens with one attached hydrogen (secondary N) is 2. The highest BCUT2D eigenvalue weighted by atomic mass is 16.6. The van der Waals surface area contributed by atoms with E-state index in [0.29, 0.717) is 12.5 Å². The highest BCUT2D eigenvalue weighted by molar-refractivity contribution is 5.92. The lowest BCUT2D eigenvalue weighted by molar-refractivity contribution is -0.145. The van der Waals surface area contributed by atoms with Crippen LogP contribution in [0.4, 0.5) is 4.79 Å². The van der Waals surface area contributed by atoms with Gasteiger partial charge in [0.25, 0.3) is 0 Å². The van der Waals surface area contributed by atoms with Gasteiger partial charge in [-0.15, -0.1) is 0 Å². The zero-order valence-corrected chi connectivity index (χ0v) is 23.2. The molecule has 3 unspecified atom stereocenters. The average Bonchev–Trinajstić information content (AvgIpc) is 2.74. The fraction of sp³-hybridized carbons (Fsp3) is 0.679. The molecule has 1 aromatic rings. The third-order valence-corrected chi connectivity index (χ3v) is 5.83. The van der Waals surface area contributed by atoms with Crippen molar-refractivity contribution in [3.05, 3.63) is 35.4 Å². The average molecular weight is 490 g/mol. The Morgan fingerprint density at radius 2 is 1.66 bits per heavy atom. The second-order valence-corrected chi connectivity index (χ2v) is 10.8. The minimum Gasteiger partial charge on any atom is -0.444 e. The summed E-state index contributed by atoms with van der Waals surface area (Å²) in [5.74, 6) is -0.0602. The number of ether oxygens (including phenoxy) is 1. The molecule has 0 bridgehead atoms. The lowest BCUT2D eigenvalue weighted by Crippen LogP contribution is -2.54. The summed E-state index contributed by atoms with van der Waals surface area (Å²) in [7, 11) is 0. The van der Waals surface area contributed by atoms with Crippen molar-refractivity contribution in [3.8, 4) is 0 Å². The van der Waals surface area contributed by atoms with Crippen LogP contribution in [0.1, 0.15) is 98.2 Å². The van der Waals surface area contributed by atoms with Gasteiger partial charge in [-0.25, -0.2) is 4.79 Å². The molecule has 2 N–H and O–H groups in total. The van der Waals surface area contributed by atoms with Gasteiger partial charge in [0, 0.05) is 12.6 Å². The molecule has 198 valence electrons.